The van der Waals surface area contributed by atoms with Gasteiger partial charge in [-0.25, -0.2) is 0 Å². The molecule has 0 aliphatic rings. The highest BCUT2D eigenvalue weighted by molar-refractivity contribution is 5.90. The summed E-state index contributed by atoms with van der Waals surface area (Å²) >= 11 is 0. The van der Waals surface area contributed by atoms with Gasteiger partial charge in [-0.15, -0.1) is 0 Å². The van der Waals surface area contributed by atoms with Crippen molar-refractivity contribution in [2.45, 2.75) is 41.2 Å². The molecule has 1 rings (SSSR count). The van der Waals surface area contributed by atoms with Crippen molar-refractivity contribution >= 4 is 17.6 Å². The Morgan fingerprint density at radius 1 is 1.17 bits per heavy atom. The molecule has 0 aromatic heterocycles. The molecule has 0 saturated carbocycles. The second-order valence-electron chi connectivity index (χ2n) is 4.45. The van der Waals surface area contributed by atoms with Crippen LogP contribution in [-0.4, -0.2) is 11.9 Å². The summed E-state index contributed by atoms with van der Waals surface area (Å²) in [5.74, 6) is -0.418. The van der Waals surface area contributed by atoms with E-state index in [-0.39, 0.29) is 18.5 Å². The Kier molecular flexibility index (Phi) is 4.48. The summed E-state index contributed by atoms with van der Waals surface area (Å²) in [6, 6.07) is 1.98. The van der Waals surface area contributed by atoms with Gasteiger partial charge in [0.1, 0.15) is 6.61 Å². The van der Waals surface area contributed by atoms with Crippen LogP contribution < -0.4 is 5.32 Å². The van der Waals surface area contributed by atoms with Crippen LogP contribution >= 0.6 is 0 Å². The van der Waals surface area contributed by atoms with E-state index >= 15 is 0 Å². The lowest BCUT2D eigenvalue weighted by Gasteiger charge is -2.17. The number of carbonyl (C=O) groups is 2. The van der Waals surface area contributed by atoms with Crippen molar-refractivity contribution in [3.8, 4) is 0 Å². The van der Waals surface area contributed by atoms with Crippen LogP contribution in [0, 0.1) is 20.8 Å². The standard InChI is InChI=1S/C14H19NO3/c1-8-6-9(2)14(15-11(4)16)10(3)13(8)7-18-12(5)17/h6H,7H2,1-5H3,(H,15,16). The zero-order valence-electron chi connectivity index (χ0n) is 11.5. The van der Waals surface area contributed by atoms with Gasteiger partial charge in [0.05, 0.1) is 0 Å². The summed E-state index contributed by atoms with van der Waals surface area (Å²) in [5, 5.41) is 2.82. The van der Waals surface area contributed by atoms with Gasteiger partial charge in [-0.05, 0) is 43.0 Å². The minimum Gasteiger partial charge on any atom is -0.461 e. The molecule has 0 atom stereocenters. The van der Waals surface area contributed by atoms with E-state index in [1.807, 2.05) is 26.8 Å². The van der Waals surface area contributed by atoms with E-state index in [0.717, 1.165) is 27.9 Å². The maximum Gasteiger partial charge on any atom is 0.302 e. The van der Waals surface area contributed by atoms with Gasteiger partial charge in [-0.1, -0.05) is 6.07 Å². The molecule has 1 amide bonds. The quantitative estimate of drug-likeness (QED) is 0.838. The van der Waals surface area contributed by atoms with Crippen LogP contribution in [-0.2, 0) is 20.9 Å². The molecule has 0 aliphatic heterocycles. The topological polar surface area (TPSA) is 55.4 Å². The molecular weight excluding hydrogens is 230 g/mol. The fourth-order valence-corrected chi connectivity index (χ4v) is 1.99. The number of aryl methyl sites for hydroxylation is 2. The van der Waals surface area contributed by atoms with Crippen LogP contribution in [0.3, 0.4) is 0 Å². The maximum absolute atomic E-state index is 11.2. The average Bonchev–Trinajstić information content (AvgIpc) is 2.23. The van der Waals surface area contributed by atoms with Gasteiger partial charge in [-0.3, -0.25) is 9.59 Å². The van der Waals surface area contributed by atoms with Crippen molar-refractivity contribution in [2.24, 2.45) is 0 Å². The highest BCUT2D eigenvalue weighted by atomic mass is 16.5. The minimum absolute atomic E-state index is 0.108. The number of esters is 1. The molecule has 0 radical (unpaired) electrons. The Morgan fingerprint density at radius 3 is 2.28 bits per heavy atom. The van der Waals surface area contributed by atoms with E-state index in [1.54, 1.807) is 0 Å². The first-order valence-electron chi connectivity index (χ1n) is 5.83. The van der Waals surface area contributed by atoms with Crippen molar-refractivity contribution in [3.63, 3.8) is 0 Å². The highest BCUT2D eigenvalue weighted by Crippen LogP contribution is 2.27. The zero-order valence-corrected chi connectivity index (χ0v) is 11.5. The monoisotopic (exact) mass is 249 g/mol. The number of nitrogens with one attached hydrogen (secondary N) is 1. The molecule has 1 aromatic rings. The van der Waals surface area contributed by atoms with Crippen molar-refractivity contribution in [2.75, 3.05) is 5.32 Å². The summed E-state index contributed by atoms with van der Waals surface area (Å²) in [6.07, 6.45) is 0. The largest absolute Gasteiger partial charge is 0.461 e. The van der Waals surface area contributed by atoms with Gasteiger partial charge in [-0.2, -0.15) is 0 Å². The number of rotatable bonds is 3. The number of hydrogen-bond donors (Lipinski definition) is 1. The molecule has 0 saturated heterocycles. The Hall–Kier alpha value is -1.84. The smallest absolute Gasteiger partial charge is 0.302 e. The van der Waals surface area contributed by atoms with Crippen LogP contribution in [0.4, 0.5) is 5.69 Å². The first-order chi connectivity index (χ1) is 8.32. The summed E-state index contributed by atoms with van der Waals surface area (Å²) in [7, 11) is 0. The Labute approximate surface area is 107 Å². The molecule has 0 fully saturated rings. The molecule has 0 unspecified atom stereocenters. The van der Waals surface area contributed by atoms with E-state index in [4.69, 9.17) is 4.74 Å². The number of benzene rings is 1. The minimum atomic E-state index is -0.310. The number of amides is 1. The lowest BCUT2D eigenvalue weighted by Crippen LogP contribution is -2.11. The lowest BCUT2D eigenvalue weighted by atomic mass is 9.97. The average molecular weight is 249 g/mol. The van der Waals surface area contributed by atoms with Gasteiger partial charge in [0, 0.05) is 19.5 Å². The van der Waals surface area contributed by atoms with Gasteiger partial charge >= 0.3 is 5.97 Å². The Balaban J connectivity index is 3.17. The number of carbonyl (C=O) groups excluding carboxylic acids is 2. The normalized spacial score (nSPS) is 10.1. The Morgan fingerprint density at radius 2 is 1.78 bits per heavy atom. The van der Waals surface area contributed by atoms with E-state index in [9.17, 15) is 9.59 Å². The fourth-order valence-electron chi connectivity index (χ4n) is 1.99. The summed E-state index contributed by atoms with van der Waals surface area (Å²) in [6.45, 7) is 8.93. The predicted octanol–water partition coefficient (Wildman–Crippen LogP) is 2.63. The molecule has 1 N–H and O–H groups in total. The van der Waals surface area contributed by atoms with Gasteiger partial charge in [0.25, 0.3) is 0 Å². The number of hydrogen-bond acceptors (Lipinski definition) is 3. The Bertz CT molecular complexity index is 492. The van der Waals surface area contributed by atoms with Crippen LogP contribution in [0.5, 0.6) is 0 Å². The van der Waals surface area contributed by atoms with E-state index in [1.165, 1.54) is 13.8 Å². The van der Waals surface area contributed by atoms with Gasteiger partial charge in [0.2, 0.25) is 5.91 Å². The SMILES string of the molecule is CC(=O)Nc1c(C)cc(C)c(COC(C)=O)c1C. The van der Waals surface area contributed by atoms with Crippen molar-refractivity contribution < 1.29 is 14.3 Å². The molecule has 4 heteroatoms. The summed E-state index contributed by atoms with van der Waals surface area (Å²) in [5.41, 5.74) is 4.76. The highest BCUT2D eigenvalue weighted by Gasteiger charge is 2.12. The zero-order chi connectivity index (χ0) is 13.9. The number of anilines is 1. The predicted molar refractivity (Wildman–Crippen MR) is 70.4 cm³/mol. The third-order valence-corrected chi connectivity index (χ3v) is 2.85. The van der Waals surface area contributed by atoms with Crippen LogP contribution in [0.25, 0.3) is 0 Å². The third kappa shape index (κ3) is 3.32. The van der Waals surface area contributed by atoms with Crippen molar-refractivity contribution in [3.05, 3.63) is 28.3 Å². The van der Waals surface area contributed by atoms with E-state index in [0.29, 0.717) is 0 Å². The molecule has 98 valence electrons. The summed E-state index contributed by atoms with van der Waals surface area (Å²) < 4.78 is 5.04. The first-order valence-corrected chi connectivity index (χ1v) is 5.83. The molecule has 0 aliphatic carbocycles. The maximum atomic E-state index is 11.2. The molecule has 1 aromatic carbocycles. The molecule has 0 bridgehead atoms. The lowest BCUT2D eigenvalue weighted by molar-refractivity contribution is -0.142. The second-order valence-corrected chi connectivity index (χ2v) is 4.45. The first kappa shape index (κ1) is 14.2. The van der Waals surface area contributed by atoms with E-state index in [2.05, 4.69) is 5.32 Å². The third-order valence-electron chi connectivity index (χ3n) is 2.85. The molecule has 0 heterocycles. The second kappa shape index (κ2) is 5.67. The van der Waals surface area contributed by atoms with Gasteiger partial charge < -0.3 is 10.1 Å². The van der Waals surface area contributed by atoms with Crippen molar-refractivity contribution in [1.82, 2.24) is 0 Å². The fraction of sp³-hybridized carbons (Fsp3) is 0.429. The van der Waals surface area contributed by atoms with Crippen LogP contribution in [0.15, 0.2) is 6.07 Å². The molecule has 18 heavy (non-hydrogen) atoms. The number of ether oxygens (including phenoxy) is 1. The van der Waals surface area contributed by atoms with Crippen molar-refractivity contribution in [1.29, 1.82) is 0 Å². The van der Waals surface area contributed by atoms with E-state index < -0.39 is 0 Å². The van der Waals surface area contributed by atoms with Crippen LogP contribution in [0.2, 0.25) is 0 Å². The summed E-state index contributed by atoms with van der Waals surface area (Å²) in [4.78, 5) is 22.1. The molecular formula is C14H19NO3. The molecule has 4 nitrogen and oxygen atoms in total. The van der Waals surface area contributed by atoms with Crippen LogP contribution in [0.1, 0.15) is 36.1 Å². The molecule has 0 spiro atoms. The van der Waals surface area contributed by atoms with Gasteiger partial charge in [0.15, 0.2) is 0 Å².